The molecule has 0 fully saturated rings. The lowest BCUT2D eigenvalue weighted by Gasteiger charge is -2.01. The largest absolute Gasteiger partial charge is 0.252 e. The van der Waals surface area contributed by atoms with Gasteiger partial charge in [-0.15, -0.1) is 0 Å². The van der Waals surface area contributed by atoms with Crippen molar-refractivity contribution in [2.45, 2.75) is 0 Å². The number of hydrogen-bond acceptors (Lipinski definition) is 5. The SMILES string of the molecule is Clc1nc(Cl)nc(-c2cnc3ccccc3n2)n1. The monoisotopic (exact) mass is 277 g/mol. The van der Waals surface area contributed by atoms with Gasteiger partial charge in [0.2, 0.25) is 10.6 Å². The fourth-order valence-corrected chi connectivity index (χ4v) is 1.87. The van der Waals surface area contributed by atoms with E-state index in [4.69, 9.17) is 23.2 Å². The Kier molecular flexibility index (Phi) is 2.77. The Hall–Kier alpha value is -1.85. The van der Waals surface area contributed by atoms with E-state index >= 15 is 0 Å². The molecule has 88 valence electrons. The molecule has 0 saturated heterocycles. The summed E-state index contributed by atoms with van der Waals surface area (Å²) in [6.45, 7) is 0. The molecule has 0 amide bonds. The van der Waals surface area contributed by atoms with Crippen LogP contribution in [0.2, 0.25) is 10.6 Å². The molecule has 1 aromatic carbocycles. The van der Waals surface area contributed by atoms with Gasteiger partial charge in [-0.3, -0.25) is 4.98 Å². The fourth-order valence-electron chi connectivity index (χ4n) is 1.51. The molecule has 18 heavy (non-hydrogen) atoms. The third-order valence-electron chi connectivity index (χ3n) is 2.26. The summed E-state index contributed by atoms with van der Waals surface area (Å²) in [7, 11) is 0. The average Bonchev–Trinajstić information content (AvgIpc) is 2.37. The first-order valence-electron chi connectivity index (χ1n) is 5.01. The van der Waals surface area contributed by atoms with Crippen molar-refractivity contribution in [2.75, 3.05) is 0 Å². The fraction of sp³-hybridized carbons (Fsp3) is 0. The van der Waals surface area contributed by atoms with Crippen molar-refractivity contribution in [1.29, 1.82) is 0 Å². The highest BCUT2D eigenvalue weighted by molar-refractivity contribution is 6.31. The number of fused-ring (bicyclic) bond motifs is 1. The molecule has 0 unspecified atom stereocenters. The number of rotatable bonds is 1. The lowest BCUT2D eigenvalue weighted by atomic mass is 10.3. The second kappa shape index (κ2) is 4.44. The van der Waals surface area contributed by atoms with E-state index in [-0.39, 0.29) is 10.6 Å². The predicted octanol–water partition coefficient (Wildman–Crippen LogP) is 2.79. The Balaban J connectivity index is 2.19. The number of para-hydroxylation sites is 2. The zero-order valence-corrected chi connectivity index (χ0v) is 10.4. The minimum atomic E-state index is 0.0277. The highest BCUT2D eigenvalue weighted by Crippen LogP contribution is 2.17. The molecule has 3 rings (SSSR count). The minimum Gasteiger partial charge on any atom is -0.252 e. The van der Waals surface area contributed by atoms with Crippen LogP contribution in [-0.4, -0.2) is 24.9 Å². The summed E-state index contributed by atoms with van der Waals surface area (Å²) >= 11 is 11.4. The van der Waals surface area contributed by atoms with Crippen LogP contribution in [-0.2, 0) is 0 Å². The molecule has 0 aliphatic rings. The van der Waals surface area contributed by atoms with Crippen molar-refractivity contribution in [3.8, 4) is 11.5 Å². The van der Waals surface area contributed by atoms with Gasteiger partial charge in [-0.25, -0.2) is 4.98 Å². The Morgan fingerprint density at radius 2 is 1.44 bits per heavy atom. The molecule has 0 radical (unpaired) electrons. The average molecular weight is 278 g/mol. The van der Waals surface area contributed by atoms with Crippen molar-refractivity contribution in [3.63, 3.8) is 0 Å². The van der Waals surface area contributed by atoms with Crippen LogP contribution in [0.4, 0.5) is 0 Å². The van der Waals surface area contributed by atoms with Gasteiger partial charge >= 0.3 is 0 Å². The van der Waals surface area contributed by atoms with E-state index in [1.807, 2.05) is 24.3 Å². The predicted molar refractivity (Wildman–Crippen MR) is 68.4 cm³/mol. The molecular formula is C11H5Cl2N5. The van der Waals surface area contributed by atoms with Gasteiger partial charge in [0.15, 0.2) is 5.82 Å². The molecule has 2 aromatic heterocycles. The number of nitrogens with zero attached hydrogens (tertiary/aromatic N) is 5. The Bertz CT molecular complexity index is 711. The van der Waals surface area contributed by atoms with Gasteiger partial charge in [-0.1, -0.05) is 12.1 Å². The van der Waals surface area contributed by atoms with E-state index in [0.29, 0.717) is 11.5 Å². The zero-order valence-electron chi connectivity index (χ0n) is 8.88. The molecule has 0 atom stereocenters. The third kappa shape index (κ3) is 2.10. The first-order valence-corrected chi connectivity index (χ1v) is 5.77. The quantitative estimate of drug-likeness (QED) is 0.684. The topological polar surface area (TPSA) is 64.5 Å². The molecule has 0 aliphatic heterocycles. The van der Waals surface area contributed by atoms with E-state index < -0.39 is 0 Å². The molecule has 0 aliphatic carbocycles. The zero-order chi connectivity index (χ0) is 12.5. The highest BCUT2D eigenvalue weighted by Gasteiger charge is 2.08. The Morgan fingerprint density at radius 1 is 0.778 bits per heavy atom. The number of hydrogen-bond donors (Lipinski definition) is 0. The van der Waals surface area contributed by atoms with Gasteiger partial charge in [-0.2, -0.15) is 15.0 Å². The van der Waals surface area contributed by atoms with Crippen LogP contribution < -0.4 is 0 Å². The van der Waals surface area contributed by atoms with Crippen molar-refractivity contribution < 1.29 is 0 Å². The van der Waals surface area contributed by atoms with Gasteiger partial charge in [0, 0.05) is 0 Å². The molecular weight excluding hydrogens is 273 g/mol. The molecule has 0 spiro atoms. The lowest BCUT2D eigenvalue weighted by Crippen LogP contribution is -1.96. The number of aromatic nitrogens is 5. The molecule has 2 heterocycles. The van der Waals surface area contributed by atoms with Crippen LogP contribution in [0.1, 0.15) is 0 Å². The standard InChI is InChI=1S/C11H5Cl2N5/c12-10-16-9(17-11(13)18-10)8-5-14-6-3-1-2-4-7(6)15-8/h1-5H. The maximum absolute atomic E-state index is 5.72. The van der Waals surface area contributed by atoms with Gasteiger partial charge in [0.05, 0.1) is 17.2 Å². The molecule has 0 saturated carbocycles. The Labute approximate surface area is 112 Å². The summed E-state index contributed by atoms with van der Waals surface area (Å²) in [4.78, 5) is 20.3. The lowest BCUT2D eigenvalue weighted by molar-refractivity contribution is 1.04. The summed E-state index contributed by atoms with van der Waals surface area (Å²) in [5, 5.41) is 0.0555. The number of benzene rings is 1. The van der Waals surface area contributed by atoms with Crippen LogP contribution in [0.5, 0.6) is 0 Å². The van der Waals surface area contributed by atoms with Crippen molar-refractivity contribution >= 4 is 34.2 Å². The van der Waals surface area contributed by atoms with E-state index in [0.717, 1.165) is 11.0 Å². The maximum Gasteiger partial charge on any atom is 0.227 e. The molecule has 3 aromatic rings. The van der Waals surface area contributed by atoms with Crippen LogP contribution in [0.25, 0.3) is 22.6 Å². The van der Waals surface area contributed by atoms with Gasteiger partial charge in [0.25, 0.3) is 0 Å². The smallest absolute Gasteiger partial charge is 0.227 e. The summed E-state index contributed by atoms with van der Waals surface area (Å²) in [5.74, 6) is 0.304. The molecule has 0 N–H and O–H groups in total. The van der Waals surface area contributed by atoms with E-state index in [9.17, 15) is 0 Å². The summed E-state index contributed by atoms with van der Waals surface area (Å²) in [6.07, 6.45) is 1.57. The van der Waals surface area contributed by atoms with Crippen LogP contribution in [0.3, 0.4) is 0 Å². The van der Waals surface area contributed by atoms with Crippen LogP contribution in [0.15, 0.2) is 30.5 Å². The third-order valence-corrected chi connectivity index (χ3v) is 2.60. The van der Waals surface area contributed by atoms with E-state index in [2.05, 4.69) is 24.9 Å². The molecule has 5 nitrogen and oxygen atoms in total. The second-order valence-electron chi connectivity index (χ2n) is 3.44. The number of halogens is 2. The van der Waals surface area contributed by atoms with Gasteiger partial charge < -0.3 is 0 Å². The van der Waals surface area contributed by atoms with Gasteiger partial charge in [-0.05, 0) is 35.3 Å². The van der Waals surface area contributed by atoms with Gasteiger partial charge in [0.1, 0.15) is 5.69 Å². The first kappa shape index (κ1) is 11.3. The highest BCUT2D eigenvalue weighted by atomic mass is 35.5. The first-order chi connectivity index (χ1) is 8.72. The summed E-state index contributed by atoms with van der Waals surface area (Å²) in [6, 6.07) is 7.51. The molecule has 0 bridgehead atoms. The summed E-state index contributed by atoms with van der Waals surface area (Å²) < 4.78 is 0. The maximum atomic E-state index is 5.72. The van der Waals surface area contributed by atoms with Crippen molar-refractivity contribution in [2.24, 2.45) is 0 Å². The van der Waals surface area contributed by atoms with Crippen molar-refractivity contribution in [3.05, 3.63) is 41.0 Å². The Morgan fingerprint density at radius 3 is 2.17 bits per heavy atom. The molecule has 7 heteroatoms. The van der Waals surface area contributed by atoms with Crippen LogP contribution in [0, 0.1) is 0 Å². The van der Waals surface area contributed by atoms with Crippen molar-refractivity contribution in [1.82, 2.24) is 24.9 Å². The van der Waals surface area contributed by atoms with E-state index in [1.54, 1.807) is 6.20 Å². The minimum absolute atomic E-state index is 0.0277. The normalized spacial score (nSPS) is 10.8. The summed E-state index contributed by atoms with van der Waals surface area (Å²) in [5.41, 5.74) is 2.05. The van der Waals surface area contributed by atoms with E-state index in [1.165, 1.54) is 0 Å². The second-order valence-corrected chi connectivity index (χ2v) is 4.12. The van der Waals surface area contributed by atoms with Crippen LogP contribution >= 0.6 is 23.2 Å².